The van der Waals surface area contributed by atoms with Crippen LogP contribution in [0.3, 0.4) is 0 Å². The number of carbonyl (C=O) groups is 1. The number of ketones is 1. The van der Waals surface area contributed by atoms with E-state index in [1.807, 2.05) is 20.8 Å². The number of hydrogen-bond acceptors (Lipinski definition) is 4. The van der Waals surface area contributed by atoms with Crippen molar-refractivity contribution in [3.63, 3.8) is 0 Å². The van der Waals surface area contributed by atoms with Crippen LogP contribution >= 0.6 is 0 Å². The number of rotatable bonds is 4. The highest BCUT2D eigenvalue weighted by atomic mass is 16.5. The molecule has 3 atom stereocenters. The third-order valence-electron chi connectivity index (χ3n) is 2.65. The summed E-state index contributed by atoms with van der Waals surface area (Å²) in [5.74, 6) is 0.264. The van der Waals surface area contributed by atoms with Gasteiger partial charge in [-0.1, -0.05) is 13.8 Å². The Hall–Kier alpha value is -0.450. The van der Waals surface area contributed by atoms with Crippen molar-refractivity contribution in [2.75, 3.05) is 13.2 Å². The van der Waals surface area contributed by atoms with E-state index in [1.165, 1.54) is 0 Å². The van der Waals surface area contributed by atoms with Crippen LogP contribution in [0.15, 0.2) is 0 Å². The Bertz CT molecular complexity index is 217. The van der Waals surface area contributed by atoms with Crippen molar-refractivity contribution in [1.29, 1.82) is 0 Å². The van der Waals surface area contributed by atoms with E-state index in [0.29, 0.717) is 6.61 Å². The molecule has 3 N–H and O–H groups in total. The molecule has 1 aliphatic heterocycles. The number of hydrogen-bond donors (Lipinski definition) is 2. The smallest absolute Gasteiger partial charge is 0.154 e. The van der Waals surface area contributed by atoms with E-state index in [4.69, 9.17) is 10.5 Å². The van der Waals surface area contributed by atoms with Gasteiger partial charge in [-0.2, -0.15) is 0 Å². The molecule has 0 bridgehead atoms. The number of nitrogens with two attached hydrogens (primary N) is 1. The summed E-state index contributed by atoms with van der Waals surface area (Å²) in [7, 11) is 0. The van der Waals surface area contributed by atoms with Crippen LogP contribution in [0.2, 0.25) is 0 Å². The molecule has 88 valence electrons. The van der Waals surface area contributed by atoms with Gasteiger partial charge in [0.15, 0.2) is 5.78 Å². The third kappa shape index (κ3) is 3.55. The van der Waals surface area contributed by atoms with Crippen molar-refractivity contribution < 1.29 is 9.53 Å². The molecule has 4 nitrogen and oxygen atoms in total. The molecule has 0 saturated carbocycles. The van der Waals surface area contributed by atoms with Crippen LogP contribution in [0, 0.1) is 5.92 Å². The average Bonchev–Trinajstić information content (AvgIpc) is 2.16. The number of Topliss-reactive ketones (excluding diaryl/α,β-unsaturated/α-hetero) is 1. The lowest BCUT2D eigenvalue weighted by molar-refractivity contribution is -0.130. The Balaban J connectivity index is 2.61. The van der Waals surface area contributed by atoms with Gasteiger partial charge in [0.2, 0.25) is 0 Å². The molecule has 0 radical (unpaired) electrons. The lowest BCUT2D eigenvalue weighted by atomic mass is 9.93. The molecule has 0 spiro atoms. The van der Waals surface area contributed by atoms with Gasteiger partial charge in [0.05, 0.1) is 18.8 Å². The second-order valence-electron chi connectivity index (χ2n) is 4.61. The van der Waals surface area contributed by atoms with Gasteiger partial charge < -0.3 is 15.8 Å². The molecular weight excluding hydrogens is 192 g/mol. The van der Waals surface area contributed by atoms with Gasteiger partial charge in [-0.05, 0) is 13.3 Å². The standard InChI is InChI=1S/C11H22N2O2/c1-7(2)11(14)10-9(6-8(3)12)15-5-4-13-10/h7-10,13H,4-6,12H2,1-3H3. The van der Waals surface area contributed by atoms with E-state index in [0.717, 1.165) is 13.0 Å². The minimum absolute atomic E-state index is 0.0415. The Labute approximate surface area is 91.5 Å². The van der Waals surface area contributed by atoms with E-state index in [1.54, 1.807) is 0 Å². The molecule has 15 heavy (non-hydrogen) atoms. The van der Waals surface area contributed by atoms with Gasteiger partial charge in [0.25, 0.3) is 0 Å². The summed E-state index contributed by atoms with van der Waals surface area (Å²) in [6, 6.07) is -0.109. The van der Waals surface area contributed by atoms with Crippen molar-refractivity contribution >= 4 is 5.78 Å². The van der Waals surface area contributed by atoms with Crippen LogP contribution in [0.1, 0.15) is 27.2 Å². The topological polar surface area (TPSA) is 64.3 Å². The quantitative estimate of drug-likeness (QED) is 0.707. The summed E-state index contributed by atoms with van der Waals surface area (Å²) < 4.78 is 5.61. The maximum atomic E-state index is 11.9. The zero-order valence-corrected chi connectivity index (χ0v) is 9.82. The molecular formula is C11H22N2O2. The van der Waals surface area contributed by atoms with Crippen LogP contribution in [0.4, 0.5) is 0 Å². The zero-order valence-electron chi connectivity index (χ0n) is 9.82. The normalized spacial score (nSPS) is 29.1. The Morgan fingerprint density at radius 1 is 1.53 bits per heavy atom. The molecule has 1 heterocycles. The summed E-state index contributed by atoms with van der Waals surface area (Å²) in [6.07, 6.45) is 0.671. The number of carbonyl (C=O) groups excluding carboxylic acids is 1. The highest BCUT2D eigenvalue weighted by molar-refractivity contribution is 5.86. The van der Waals surface area contributed by atoms with Crippen molar-refractivity contribution in [1.82, 2.24) is 5.32 Å². The average molecular weight is 214 g/mol. The summed E-state index contributed by atoms with van der Waals surface area (Å²) in [6.45, 7) is 7.19. The van der Waals surface area contributed by atoms with Crippen LogP contribution in [-0.4, -0.2) is 37.1 Å². The van der Waals surface area contributed by atoms with E-state index >= 15 is 0 Å². The molecule has 0 amide bonds. The molecule has 0 aromatic rings. The van der Waals surface area contributed by atoms with Gasteiger partial charge in [-0.3, -0.25) is 4.79 Å². The first-order chi connectivity index (χ1) is 7.02. The molecule has 0 aromatic carbocycles. The maximum absolute atomic E-state index is 11.9. The van der Waals surface area contributed by atoms with E-state index < -0.39 is 0 Å². The first-order valence-electron chi connectivity index (χ1n) is 5.66. The van der Waals surface area contributed by atoms with Gasteiger partial charge >= 0.3 is 0 Å². The lowest BCUT2D eigenvalue weighted by Gasteiger charge is -2.33. The highest BCUT2D eigenvalue weighted by Gasteiger charge is 2.32. The highest BCUT2D eigenvalue weighted by Crippen LogP contribution is 2.14. The molecule has 3 unspecified atom stereocenters. The van der Waals surface area contributed by atoms with Crippen molar-refractivity contribution in [3.05, 3.63) is 0 Å². The van der Waals surface area contributed by atoms with Gasteiger partial charge in [-0.25, -0.2) is 0 Å². The van der Waals surface area contributed by atoms with Crippen LogP contribution < -0.4 is 11.1 Å². The van der Waals surface area contributed by atoms with Gasteiger partial charge in [0, 0.05) is 18.5 Å². The molecule has 1 aliphatic rings. The SMILES string of the molecule is CC(N)CC1OCCNC1C(=O)C(C)C. The maximum Gasteiger partial charge on any atom is 0.154 e. The summed E-state index contributed by atoms with van der Waals surface area (Å²) in [5, 5.41) is 3.23. The Morgan fingerprint density at radius 3 is 2.73 bits per heavy atom. The fourth-order valence-electron chi connectivity index (χ4n) is 1.87. The summed E-state index contributed by atoms with van der Waals surface area (Å²) in [4.78, 5) is 11.9. The molecule has 1 fully saturated rings. The molecule has 1 saturated heterocycles. The predicted molar refractivity (Wildman–Crippen MR) is 59.6 cm³/mol. The largest absolute Gasteiger partial charge is 0.375 e. The van der Waals surface area contributed by atoms with Gasteiger partial charge in [0.1, 0.15) is 0 Å². The fraction of sp³-hybridized carbons (Fsp3) is 0.909. The molecule has 1 rings (SSSR count). The fourth-order valence-corrected chi connectivity index (χ4v) is 1.87. The predicted octanol–water partition coefficient (Wildman–Crippen LogP) is 0.306. The molecule has 0 aromatic heterocycles. The van der Waals surface area contributed by atoms with E-state index in [-0.39, 0.29) is 29.9 Å². The zero-order chi connectivity index (χ0) is 11.4. The van der Waals surface area contributed by atoms with Crippen LogP contribution in [0.5, 0.6) is 0 Å². The number of nitrogens with one attached hydrogen (secondary N) is 1. The van der Waals surface area contributed by atoms with Crippen molar-refractivity contribution in [3.8, 4) is 0 Å². The minimum atomic E-state index is -0.176. The van der Waals surface area contributed by atoms with E-state index in [2.05, 4.69) is 5.32 Å². The minimum Gasteiger partial charge on any atom is -0.375 e. The summed E-state index contributed by atoms with van der Waals surface area (Å²) in [5.41, 5.74) is 5.74. The van der Waals surface area contributed by atoms with Crippen LogP contribution in [0.25, 0.3) is 0 Å². The number of morpholine rings is 1. The molecule has 0 aliphatic carbocycles. The summed E-state index contributed by atoms with van der Waals surface area (Å²) >= 11 is 0. The second kappa shape index (κ2) is 5.58. The second-order valence-corrected chi connectivity index (χ2v) is 4.61. The Kier molecular flexibility index (Phi) is 4.70. The van der Waals surface area contributed by atoms with Crippen LogP contribution in [-0.2, 0) is 9.53 Å². The lowest BCUT2D eigenvalue weighted by Crippen LogP contribution is -2.55. The van der Waals surface area contributed by atoms with Gasteiger partial charge in [-0.15, -0.1) is 0 Å². The first kappa shape index (κ1) is 12.6. The van der Waals surface area contributed by atoms with E-state index in [9.17, 15) is 4.79 Å². The number of ether oxygens (including phenoxy) is 1. The Morgan fingerprint density at radius 2 is 2.20 bits per heavy atom. The van der Waals surface area contributed by atoms with Crippen molar-refractivity contribution in [2.24, 2.45) is 11.7 Å². The molecule has 4 heteroatoms. The monoisotopic (exact) mass is 214 g/mol. The van der Waals surface area contributed by atoms with Crippen molar-refractivity contribution in [2.45, 2.75) is 45.4 Å². The first-order valence-corrected chi connectivity index (χ1v) is 5.66. The third-order valence-corrected chi connectivity index (χ3v) is 2.65.